The van der Waals surface area contributed by atoms with Gasteiger partial charge in [0.1, 0.15) is 0 Å². The van der Waals surface area contributed by atoms with E-state index >= 15 is 0 Å². The van der Waals surface area contributed by atoms with Gasteiger partial charge in [0.05, 0.1) is 12.2 Å². The zero-order valence-corrected chi connectivity index (χ0v) is 10.7. The molecular formula is C14H19N3. The fraction of sp³-hybridized carbons (Fsp3) is 0.357. The van der Waals surface area contributed by atoms with Crippen molar-refractivity contribution in [1.82, 2.24) is 9.78 Å². The molecule has 0 aliphatic heterocycles. The molecule has 3 nitrogen and oxygen atoms in total. The highest BCUT2D eigenvalue weighted by Gasteiger charge is 1.99. The van der Waals surface area contributed by atoms with Crippen molar-refractivity contribution >= 4 is 5.69 Å². The Kier molecular flexibility index (Phi) is 3.47. The van der Waals surface area contributed by atoms with Crippen molar-refractivity contribution in [3.8, 4) is 0 Å². The van der Waals surface area contributed by atoms with Crippen molar-refractivity contribution in [2.45, 2.75) is 27.3 Å². The average molecular weight is 229 g/mol. The van der Waals surface area contributed by atoms with Gasteiger partial charge in [-0.05, 0) is 39.0 Å². The molecule has 1 aromatic heterocycles. The number of hydrogen-bond donors (Lipinski definition) is 1. The Morgan fingerprint density at radius 2 is 1.82 bits per heavy atom. The Hall–Kier alpha value is -1.77. The minimum Gasteiger partial charge on any atom is -0.383 e. The highest BCUT2D eigenvalue weighted by molar-refractivity contribution is 5.44. The van der Waals surface area contributed by atoms with E-state index in [2.05, 4.69) is 54.6 Å². The lowest BCUT2D eigenvalue weighted by Crippen LogP contribution is -2.12. The summed E-state index contributed by atoms with van der Waals surface area (Å²) < 4.78 is 2.04. The largest absolute Gasteiger partial charge is 0.383 e. The second-order valence-electron chi connectivity index (χ2n) is 4.44. The van der Waals surface area contributed by atoms with E-state index in [0.717, 1.165) is 24.5 Å². The van der Waals surface area contributed by atoms with Gasteiger partial charge in [-0.25, -0.2) is 0 Å². The maximum absolute atomic E-state index is 4.43. The summed E-state index contributed by atoms with van der Waals surface area (Å²) in [5, 5.41) is 7.83. The van der Waals surface area contributed by atoms with E-state index in [1.807, 2.05) is 11.6 Å². The Morgan fingerprint density at radius 3 is 2.41 bits per heavy atom. The number of nitrogens with one attached hydrogen (secondary N) is 1. The summed E-state index contributed by atoms with van der Waals surface area (Å²) in [7, 11) is 0. The lowest BCUT2D eigenvalue weighted by atomic mass is 10.2. The summed E-state index contributed by atoms with van der Waals surface area (Å²) in [4.78, 5) is 0. The molecule has 1 heterocycles. The van der Waals surface area contributed by atoms with Crippen LogP contribution >= 0.6 is 0 Å². The van der Waals surface area contributed by atoms with E-state index in [0.29, 0.717) is 0 Å². The Labute approximate surface area is 102 Å². The van der Waals surface area contributed by atoms with Crippen molar-refractivity contribution in [2.75, 3.05) is 11.9 Å². The number of aromatic nitrogens is 2. The van der Waals surface area contributed by atoms with Gasteiger partial charge in [0.15, 0.2) is 0 Å². The fourth-order valence-electron chi connectivity index (χ4n) is 1.88. The first-order valence-corrected chi connectivity index (χ1v) is 5.97. The molecule has 2 rings (SSSR count). The molecule has 1 N–H and O–H groups in total. The maximum atomic E-state index is 4.43. The molecule has 2 aromatic rings. The fourth-order valence-corrected chi connectivity index (χ4v) is 1.88. The number of benzene rings is 1. The summed E-state index contributed by atoms with van der Waals surface area (Å²) in [6.45, 7) is 8.00. The van der Waals surface area contributed by atoms with E-state index in [1.54, 1.807) is 0 Å². The standard InChI is InChI=1S/C14H19N3/c1-11-4-6-14(7-5-11)15-8-9-17-13(3)10-12(2)16-17/h4-7,10,15H,8-9H2,1-3H3. The van der Waals surface area contributed by atoms with Gasteiger partial charge in [0.2, 0.25) is 0 Å². The van der Waals surface area contributed by atoms with Gasteiger partial charge in [-0.15, -0.1) is 0 Å². The monoisotopic (exact) mass is 229 g/mol. The highest BCUT2D eigenvalue weighted by atomic mass is 15.3. The van der Waals surface area contributed by atoms with Crippen LogP contribution in [0.4, 0.5) is 5.69 Å². The zero-order valence-electron chi connectivity index (χ0n) is 10.7. The smallest absolute Gasteiger partial charge is 0.0596 e. The molecule has 0 fully saturated rings. The van der Waals surface area contributed by atoms with Gasteiger partial charge in [0.25, 0.3) is 0 Å². The van der Waals surface area contributed by atoms with Gasteiger partial charge < -0.3 is 5.32 Å². The molecule has 0 atom stereocenters. The topological polar surface area (TPSA) is 29.9 Å². The Bertz CT molecular complexity index is 483. The van der Waals surface area contributed by atoms with Gasteiger partial charge in [-0.1, -0.05) is 17.7 Å². The predicted molar refractivity (Wildman–Crippen MR) is 71.4 cm³/mol. The predicted octanol–water partition coefficient (Wildman–Crippen LogP) is 2.92. The number of anilines is 1. The quantitative estimate of drug-likeness (QED) is 0.873. The van der Waals surface area contributed by atoms with Crippen molar-refractivity contribution in [3.63, 3.8) is 0 Å². The van der Waals surface area contributed by atoms with E-state index in [9.17, 15) is 0 Å². The highest BCUT2D eigenvalue weighted by Crippen LogP contribution is 2.08. The molecule has 0 aliphatic carbocycles. The van der Waals surface area contributed by atoms with Crippen LogP contribution in [0.15, 0.2) is 30.3 Å². The molecule has 0 amide bonds. The second-order valence-corrected chi connectivity index (χ2v) is 4.44. The first-order valence-electron chi connectivity index (χ1n) is 5.97. The first-order chi connectivity index (χ1) is 8.15. The van der Waals surface area contributed by atoms with Crippen LogP contribution in [0.2, 0.25) is 0 Å². The van der Waals surface area contributed by atoms with Gasteiger partial charge >= 0.3 is 0 Å². The minimum atomic E-state index is 0.894. The molecule has 0 saturated heterocycles. The molecule has 0 aliphatic rings. The lowest BCUT2D eigenvalue weighted by molar-refractivity contribution is 0.615. The molecule has 0 saturated carbocycles. The SMILES string of the molecule is Cc1ccc(NCCn2nc(C)cc2C)cc1. The summed E-state index contributed by atoms with van der Waals surface area (Å²) in [6, 6.07) is 10.6. The molecule has 0 unspecified atom stereocenters. The van der Waals surface area contributed by atoms with E-state index < -0.39 is 0 Å². The van der Waals surface area contributed by atoms with Crippen molar-refractivity contribution in [1.29, 1.82) is 0 Å². The van der Waals surface area contributed by atoms with Crippen LogP contribution in [0.5, 0.6) is 0 Å². The molecule has 0 bridgehead atoms. The number of hydrogen-bond acceptors (Lipinski definition) is 2. The number of aryl methyl sites for hydroxylation is 3. The molecular weight excluding hydrogens is 210 g/mol. The third-order valence-electron chi connectivity index (χ3n) is 2.81. The van der Waals surface area contributed by atoms with Crippen LogP contribution in [-0.4, -0.2) is 16.3 Å². The van der Waals surface area contributed by atoms with Gasteiger partial charge in [-0.2, -0.15) is 5.10 Å². The summed E-state index contributed by atoms with van der Waals surface area (Å²) >= 11 is 0. The van der Waals surface area contributed by atoms with Crippen molar-refractivity contribution < 1.29 is 0 Å². The summed E-state index contributed by atoms with van der Waals surface area (Å²) in [6.07, 6.45) is 0. The lowest BCUT2D eigenvalue weighted by Gasteiger charge is -2.08. The minimum absolute atomic E-state index is 0.894. The zero-order chi connectivity index (χ0) is 12.3. The number of rotatable bonds is 4. The van der Waals surface area contributed by atoms with Gasteiger partial charge in [0, 0.05) is 17.9 Å². The number of nitrogens with zero attached hydrogens (tertiary/aromatic N) is 2. The summed E-state index contributed by atoms with van der Waals surface area (Å²) in [5.41, 5.74) is 4.75. The Morgan fingerprint density at radius 1 is 1.12 bits per heavy atom. The normalized spacial score (nSPS) is 10.5. The van der Waals surface area contributed by atoms with E-state index in [4.69, 9.17) is 0 Å². The molecule has 90 valence electrons. The van der Waals surface area contributed by atoms with Crippen molar-refractivity contribution in [2.24, 2.45) is 0 Å². The van der Waals surface area contributed by atoms with E-state index in [-0.39, 0.29) is 0 Å². The third-order valence-corrected chi connectivity index (χ3v) is 2.81. The van der Waals surface area contributed by atoms with Crippen LogP contribution in [0.1, 0.15) is 17.0 Å². The average Bonchev–Trinajstić information content (AvgIpc) is 2.60. The van der Waals surface area contributed by atoms with Crippen LogP contribution < -0.4 is 5.32 Å². The van der Waals surface area contributed by atoms with Crippen LogP contribution in [0.25, 0.3) is 0 Å². The Balaban J connectivity index is 1.87. The molecule has 0 spiro atoms. The maximum Gasteiger partial charge on any atom is 0.0596 e. The van der Waals surface area contributed by atoms with Crippen LogP contribution in [0.3, 0.4) is 0 Å². The van der Waals surface area contributed by atoms with Gasteiger partial charge in [-0.3, -0.25) is 4.68 Å². The molecule has 17 heavy (non-hydrogen) atoms. The third kappa shape index (κ3) is 3.09. The second kappa shape index (κ2) is 5.04. The van der Waals surface area contributed by atoms with Crippen LogP contribution in [-0.2, 0) is 6.54 Å². The molecule has 3 heteroatoms. The van der Waals surface area contributed by atoms with Crippen LogP contribution in [0, 0.1) is 20.8 Å². The molecule has 1 aromatic carbocycles. The van der Waals surface area contributed by atoms with Crippen molar-refractivity contribution in [3.05, 3.63) is 47.3 Å². The first kappa shape index (κ1) is 11.7. The summed E-state index contributed by atoms with van der Waals surface area (Å²) in [5.74, 6) is 0. The molecule has 0 radical (unpaired) electrons. The van der Waals surface area contributed by atoms with E-state index in [1.165, 1.54) is 11.3 Å².